The molecule has 0 radical (unpaired) electrons. The molecule has 2 aliphatic rings. The molecule has 2 heterocycles. The second-order valence-corrected chi connectivity index (χ2v) is 7.49. The van der Waals surface area contributed by atoms with Gasteiger partial charge in [0.05, 0.1) is 6.54 Å². The highest BCUT2D eigenvalue weighted by molar-refractivity contribution is 7.10. The zero-order valence-electron chi connectivity index (χ0n) is 11.7. The number of hydrogen-bond acceptors (Lipinski definition) is 3. The summed E-state index contributed by atoms with van der Waals surface area (Å²) in [4.78, 5) is 15.6. The Balaban J connectivity index is 1.82. The second-order valence-electron chi connectivity index (χ2n) is 6.51. The van der Waals surface area contributed by atoms with E-state index in [0.29, 0.717) is 18.0 Å². The Hall–Kier alpha value is -0.870. The number of rotatable bonds is 2. The Morgan fingerprint density at radius 2 is 2.32 bits per heavy atom. The zero-order valence-corrected chi connectivity index (χ0v) is 12.5. The molecule has 104 valence electrons. The van der Waals surface area contributed by atoms with E-state index in [9.17, 15) is 4.79 Å². The minimum Gasteiger partial charge on any atom is -0.318 e. The molecular weight excluding hydrogens is 256 g/mol. The molecule has 1 saturated heterocycles. The van der Waals surface area contributed by atoms with Crippen LogP contribution in [0.1, 0.15) is 50.6 Å². The summed E-state index contributed by atoms with van der Waals surface area (Å²) >= 11 is 1.73. The van der Waals surface area contributed by atoms with E-state index in [1.165, 1.54) is 17.7 Å². The third-order valence-corrected chi connectivity index (χ3v) is 5.32. The number of amides is 1. The van der Waals surface area contributed by atoms with Gasteiger partial charge in [-0.1, -0.05) is 26.3 Å². The molecule has 1 aliphatic heterocycles. The Kier molecular flexibility index (Phi) is 3.39. The van der Waals surface area contributed by atoms with Gasteiger partial charge in [-0.2, -0.15) is 0 Å². The average Bonchev–Trinajstić information content (AvgIpc) is 2.96. The maximum atomic E-state index is 12.3. The van der Waals surface area contributed by atoms with Crippen LogP contribution in [0.2, 0.25) is 0 Å². The largest absolute Gasteiger partial charge is 0.318 e. The Morgan fingerprint density at radius 1 is 1.47 bits per heavy atom. The van der Waals surface area contributed by atoms with Gasteiger partial charge in [0, 0.05) is 10.9 Å². The van der Waals surface area contributed by atoms with Crippen molar-refractivity contribution < 1.29 is 4.79 Å². The van der Waals surface area contributed by atoms with Gasteiger partial charge in [0.2, 0.25) is 5.91 Å². The van der Waals surface area contributed by atoms with E-state index in [0.717, 1.165) is 12.8 Å². The fourth-order valence-electron chi connectivity index (χ4n) is 3.51. The zero-order chi connectivity index (χ0) is 13.5. The fraction of sp³-hybridized carbons (Fsp3) is 0.667. The molecular formula is C15H22N2OS. The first-order chi connectivity index (χ1) is 9.07. The molecule has 19 heavy (non-hydrogen) atoms. The van der Waals surface area contributed by atoms with Crippen molar-refractivity contribution in [2.75, 3.05) is 6.54 Å². The summed E-state index contributed by atoms with van der Waals surface area (Å²) in [6.45, 7) is 5.14. The number of nitrogens with one attached hydrogen (secondary N) is 1. The first-order valence-corrected chi connectivity index (χ1v) is 8.03. The molecule has 1 amide bonds. The SMILES string of the molecule is CC1(C)CCCC(N2C(=O)CNC2c2cccs2)C1. The molecule has 1 aromatic rings. The highest BCUT2D eigenvalue weighted by Crippen LogP contribution is 2.40. The molecule has 1 N–H and O–H groups in total. The van der Waals surface area contributed by atoms with Gasteiger partial charge in [0.1, 0.15) is 6.17 Å². The van der Waals surface area contributed by atoms with Gasteiger partial charge >= 0.3 is 0 Å². The first-order valence-electron chi connectivity index (χ1n) is 7.15. The highest BCUT2D eigenvalue weighted by atomic mass is 32.1. The third-order valence-electron chi connectivity index (χ3n) is 4.40. The van der Waals surface area contributed by atoms with Gasteiger partial charge in [-0.05, 0) is 36.1 Å². The first kappa shape index (κ1) is 13.1. The monoisotopic (exact) mass is 278 g/mol. The van der Waals surface area contributed by atoms with Crippen molar-refractivity contribution in [3.63, 3.8) is 0 Å². The summed E-state index contributed by atoms with van der Waals surface area (Å²) in [5, 5.41) is 5.46. The molecule has 0 bridgehead atoms. The molecule has 0 aromatic carbocycles. The lowest BCUT2D eigenvalue weighted by molar-refractivity contribution is -0.131. The lowest BCUT2D eigenvalue weighted by Gasteiger charge is -2.41. The van der Waals surface area contributed by atoms with Crippen LogP contribution >= 0.6 is 11.3 Å². The van der Waals surface area contributed by atoms with Gasteiger partial charge in [0.15, 0.2) is 0 Å². The molecule has 3 rings (SSSR count). The van der Waals surface area contributed by atoms with E-state index in [1.807, 2.05) is 0 Å². The van der Waals surface area contributed by atoms with Crippen molar-refractivity contribution >= 4 is 17.2 Å². The van der Waals surface area contributed by atoms with E-state index in [-0.39, 0.29) is 12.1 Å². The molecule has 1 saturated carbocycles. The van der Waals surface area contributed by atoms with Crippen molar-refractivity contribution in [2.45, 2.75) is 51.7 Å². The van der Waals surface area contributed by atoms with Crippen molar-refractivity contribution in [3.05, 3.63) is 22.4 Å². The number of hydrogen-bond donors (Lipinski definition) is 1. The minimum absolute atomic E-state index is 0.103. The average molecular weight is 278 g/mol. The van der Waals surface area contributed by atoms with Crippen LogP contribution in [0.25, 0.3) is 0 Å². The Labute approximate surface area is 119 Å². The lowest BCUT2D eigenvalue weighted by atomic mass is 9.74. The fourth-order valence-corrected chi connectivity index (χ4v) is 4.31. The standard InChI is InChI=1S/C15H22N2OS/c1-15(2)7-3-5-11(9-15)17-13(18)10-16-14(17)12-6-4-8-19-12/h4,6,8,11,14,16H,3,5,7,9-10H2,1-2H3. The smallest absolute Gasteiger partial charge is 0.238 e. The van der Waals surface area contributed by atoms with E-state index in [4.69, 9.17) is 0 Å². The van der Waals surface area contributed by atoms with Gasteiger partial charge in [-0.3, -0.25) is 10.1 Å². The third kappa shape index (κ3) is 2.56. The maximum absolute atomic E-state index is 12.3. The van der Waals surface area contributed by atoms with E-state index in [2.05, 4.69) is 41.6 Å². The molecule has 1 aromatic heterocycles. The topological polar surface area (TPSA) is 32.3 Å². The second kappa shape index (κ2) is 4.91. The summed E-state index contributed by atoms with van der Waals surface area (Å²) in [5.74, 6) is 0.265. The van der Waals surface area contributed by atoms with E-state index < -0.39 is 0 Å². The van der Waals surface area contributed by atoms with Crippen LogP contribution in [-0.2, 0) is 4.79 Å². The number of thiophene rings is 1. The molecule has 0 spiro atoms. The molecule has 2 atom stereocenters. The lowest BCUT2D eigenvalue weighted by Crippen LogP contribution is -2.43. The summed E-state index contributed by atoms with van der Waals surface area (Å²) in [6.07, 6.45) is 4.90. The summed E-state index contributed by atoms with van der Waals surface area (Å²) in [5.41, 5.74) is 0.367. The van der Waals surface area contributed by atoms with Crippen LogP contribution in [0, 0.1) is 5.41 Å². The molecule has 4 heteroatoms. The van der Waals surface area contributed by atoms with Crippen LogP contribution in [0.5, 0.6) is 0 Å². The summed E-state index contributed by atoms with van der Waals surface area (Å²) in [7, 11) is 0. The normalized spacial score (nSPS) is 30.8. The molecule has 3 nitrogen and oxygen atoms in total. The number of carbonyl (C=O) groups is 1. The van der Waals surface area contributed by atoms with Crippen molar-refractivity contribution in [1.29, 1.82) is 0 Å². The summed E-state index contributed by atoms with van der Waals surface area (Å²) < 4.78 is 0. The number of carbonyl (C=O) groups excluding carboxylic acids is 1. The molecule has 2 fully saturated rings. The van der Waals surface area contributed by atoms with Gasteiger partial charge in [0.25, 0.3) is 0 Å². The predicted molar refractivity (Wildman–Crippen MR) is 77.9 cm³/mol. The molecule has 2 unspecified atom stereocenters. The van der Waals surface area contributed by atoms with Crippen molar-refractivity contribution in [2.24, 2.45) is 5.41 Å². The van der Waals surface area contributed by atoms with E-state index >= 15 is 0 Å². The van der Waals surface area contributed by atoms with Crippen molar-refractivity contribution in [3.8, 4) is 0 Å². The Morgan fingerprint density at radius 3 is 3.00 bits per heavy atom. The van der Waals surface area contributed by atoms with Gasteiger partial charge in [-0.15, -0.1) is 11.3 Å². The molecule has 1 aliphatic carbocycles. The maximum Gasteiger partial charge on any atom is 0.238 e. The predicted octanol–water partition coefficient (Wildman–Crippen LogP) is 3.15. The van der Waals surface area contributed by atoms with Crippen molar-refractivity contribution in [1.82, 2.24) is 10.2 Å². The van der Waals surface area contributed by atoms with Gasteiger partial charge < -0.3 is 4.90 Å². The quantitative estimate of drug-likeness (QED) is 0.901. The van der Waals surface area contributed by atoms with Crippen LogP contribution in [0.3, 0.4) is 0 Å². The highest BCUT2D eigenvalue weighted by Gasteiger charge is 2.40. The number of nitrogens with zero attached hydrogens (tertiary/aromatic N) is 1. The van der Waals surface area contributed by atoms with Crippen LogP contribution < -0.4 is 5.32 Å². The van der Waals surface area contributed by atoms with Crippen LogP contribution in [-0.4, -0.2) is 23.4 Å². The van der Waals surface area contributed by atoms with Crippen LogP contribution in [0.15, 0.2) is 17.5 Å². The Bertz CT molecular complexity index is 455. The van der Waals surface area contributed by atoms with E-state index in [1.54, 1.807) is 11.3 Å². The van der Waals surface area contributed by atoms with Gasteiger partial charge in [-0.25, -0.2) is 0 Å². The van der Waals surface area contributed by atoms with Crippen LogP contribution in [0.4, 0.5) is 0 Å². The summed E-state index contributed by atoms with van der Waals surface area (Å²) in [6, 6.07) is 4.59. The minimum atomic E-state index is 0.103.